The zero-order valence-corrected chi connectivity index (χ0v) is 25.8. The third kappa shape index (κ3) is 5.55. The molecule has 0 radical (unpaired) electrons. The molecule has 3 aliphatic heterocycles. The van der Waals surface area contributed by atoms with Gasteiger partial charge in [0.1, 0.15) is 11.6 Å². The van der Waals surface area contributed by atoms with Gasteiger partial charge in [-0.05, 0) is 50.7 Å². The number of para-hydroxylation sites is 1. The number of carbonyl (C=O) groups excluding carboxylic acids is 3. The summed E-state index contributed by atoms with van der Waals surface area (Å²) in [5.74, 6) is -2.07. The number of nitrogens with zero attached hydrogens (tertiary/aromatic N) is 3. The maximum Gasteiger partial charge on any atom is 0.248 e. The lowest BCUT2D eigenvalue weighted by atomic mass is 9.66. The molecule has 8 nitrogen and oxygen atoms in total. The van der Waals surface area contributed by atoms with Crippen LogP contribution < -0.4 is 4.90 Å². The van der Waals surface area contributed by atoms with Crippen LogP contribution in [0.1, 0.15) is 66.2 Å². The van der Waals surface area contributed by atoms with E-state index in [0.29, 0.717) is 32.4 Å². The molecule has 3 saturated heterocycles. The Kier molecular flexibility index (Phi) is 9.99. The van der Waals surface area contributed by atoms with Crippen LogP contribution in [0.15, 0.2) is 55.6 Å². The van der Waals surface area contributed by atoms with E-state index < -0.39 is 35.1 Å². The zero-order chi connectivity index (χ0) is 30.7. The van der Waals surface area contributed by atoms with Gasteiger partial charge in [0.15, 0.2) is 0 Å². The van der Waals surface area contributed by atoms with Gasteiger partial charge in [-0.15, -0.1) is 13.2 Å². The summed E-state index contributed by atoms with van der Waals surface area (Å²) in [6.45, 7) is 16.8. The number of unbranched alkanes of at least 4 members (excludes halogenated alkanes) is 2. The molecule has 0 aromatic heterocycles. The number of aliphatic hydroxyl groups excluding tert-OH is 1. The Hall–Kier alpha value is -2.97. The van der Waals surface area contributed by atoms with Gasteiger partial charge >= 0.3 is 0 Å². The van der Waals surface area contributed by atoms with Crippen LogP contribution >= 0.6 is 0 Å². The van der Waals surface area contributed by atoms with E-state index >= 15 is 0 Å². The first-order valence-corrected chi connectivity index (χ1v) is 15.6. The van der Waals surface area contributed by atoms with Crippen LogP contribution in [0.4, 0.5) is 5.69 Å². The molecule has 42 heavy (non-hydrogen) atoms. The predicted molar refractivity (Wildman–Crippen MR) is 165 cm³/mol. The van der Waals surface area contributed by atoms with Crippen molar-refractivity contribution >= 4 is 23.4 Å². The van der Waals surface area contributed by atoms with Crippen LogP contribution in [0, 0.1) is 17.8 Å². The van der Waals surface area contributed by atoms with Gasteiger partial charge in [0, 0.05) is 25.3 Å². The van der Waals surface area contributed by atoms with Crippen molar-refractivity contribution in [3.63, 3.8) is 0 Å². The first kappa shape index (κ1) is 32.0. The molecular weight excluding hydrogens is 530 g/mol. The third-order valence-electron chi connectivity index (χ3n) is 9.40. The molecule has 230 valence electrons. The molecule has 4 rings (SSSR count). The van der Waals surface area contributed by atoms with E-state index in [9.17, 15) is 19.5 Å². The Morgan fingerprint density at radius 1 is 1.12 bits per heavy atom. The van der Waals surface area contributed by atoms with Crippen molar-refractivity contribution in [2.75, 3.05) is 31.1 Å². The number of aliphatic hydroxyl groups is 1. The van der Waals surface area contributed by atoms with Gasteiger partial charge in [0.25, 0.3) is 0 Å². The third-order valence-corrected chi connectivity index (χ3v) is 9.40. The molecule has 2 unspecified atom stereocenters. The van der Waals surface area contributed by atoms with E-state index in [0.717, 1.165) is 24.9 Å². The van der Waals surface area contributed by atoms with Crippen molar-refractivity contribution in [2.45, 2.75) is 89.5 Å². The fourth-order valence-electron chi connectivity index (χ4n) is 7.63. The number of hydrogen-bond acceptors (Lipinski definition) is 5. The molecular formula is C34H49N3O5. The van der Waals surface area contributed by atoms with Crippen LogP contribution in [0.2, 0.25) is 0 Å². The van der Waals surface area contributed by atoms with Crippen LogP contribution in [-0.4, -0.2) is 82.2 Å². The van der Waals surface area contributed by atoms with Gasteiger partial charge in [-0.2, -0.15) is 0 Å². The highest BCUT2D eigenvalue weighted by molar-refractivity contribution is 6.03. The second-order valence-electron chi connectivity index (χ2n) is 12.8. The second-order valence-corrected chi connectivity index (χ2v) is 12.8. The van der Waals surface area contributed by atoms with E-state index in [1.165, 1.54) is 0 Å². The van der Waals surface area contributed by atoms with Crippen LogP contribution in [0.5, 0.6) is 0 Å². The Bertz CT molecular complexity index is 1160. The molecule has 3 amide bonds. The fourth-order valence-corrected chi connectivity index (χ4v) is 7.63. The van der Waals surface area contributed by atoms with E-state index in [4.69, 9.17) is 4.74 Å². The van der Waals surface area contributed by atoms with Crippen LogP contribution in [0.25, 0.3) is 0 Å². The minimum Gasteiger partial charge on any atom is -0.394 e. The van der Waals surface area contributed by atoms with Crippen molar-refractivity contribution in [3.8, 4) is 0 Å². The van der Waals surface area contributed by atoms with E-state index in [2.05, 4.69) is 20.1 Å². The van der Waals surface area contributed by atoms with Gasteiger partial charge in [-0.1, -0.05) is 64.0 Å². The standard InChI is InChI=1S/C34H49N3O5/c1-7-10-14-21-35(19-8-2)32(41)29-34-18-17-33(6,42-34)27(28(34)31(40)37(29)26(23-38)22-24(4)5)30(39)36(20-9-3)25-15-12-11-13-16-25/h8-9,11-13,15-16,24,26-29,38H,2-3,7,10,14,17-23H2,1,4-6H3/t26-,27+,28+,29?,33-,34?/m1/s1. The molecule has 0 saturated carbocycles. The molecule has 1 aromatic carbocycles. The van der Waals surface area contributed by atoms with Gasteiger partial charge in [0.2, 0.25) is 17.7 Å². The quantitative estimate of drug-likeness (QED) is 0.243. The molecule has 3 fully saturated rings. The van der Waals surface area contributed by atoms with E-state index in [1.807, 2.05) is 51.1 Å². The van der Waals surface area contributed by atoms with Crippen molar-refractivity contribution in [3.05, 3.63) is 55.6 Å². The fraction of sp³-hybridized carbons (Fsp3) is 0.618. The topological polar surface area (TPSA) is 90.4 Å². The van der Waals surface area contributed by atoms with E-state index in [1.54, 1.807) is 26.9 Å². The number of hydrogen-bond donors (Lipinski definition) is 1. The number of fused-ring (bicyclic) bond motifs is 1. The Balaban J connectivity index is 1.81. The average molecular weight is 580 g/mol. The predicted octanol–water partition coefficient (Wildman–Crippen LogP) is 4.58. The molecule has 2 bridgehead atoms. The summed E-state index contributed by atoms with van der Waals surface area (Å²) in [4.78, 5) is 48.7. The smallest absolute Gasteiger partial charge is 0.248 e. The Labute approximate surface area is 251 Å². The second kappa shape index (κ2) is 13.1. The summed E-state index contributed by atoms with van der Waals surface area (Å²) < 4.78 is 6.87. The van der Waals surface area contributed by atoms with Crippen molar-refractivity contribution in [1.82, 2.24) is 9.80 Å². The number of carbonyl (C=O) groups is 3. The van der Waals surface area contributed by atoms with Crippen LogP contribution in [0.3, 0.4) is 0 Å². The zero-order valence-electron chi connectivity index (χ0n) is 25.8. The lowest BCUT2D eigenvalue weighted by Gasteiger charge is -2.40. The molecule has 1 aromatic rings. The maximum absolute atomic E-state index is 14.6. The average Bonchev–Trinajstić information content (AvgIpc) is 3.54. The number of benzene rings is 1. The number of likely N-dealkylation sites (tertiary alicyclic amines) is 1. The minimum atomic E-state index is -1.14. The SMILES string of the molecule is C=CCN(CCCCC)C(=O)C1N([C@@H](CO)CC(C)C)C(=O)[C@@H]2[C@@H](C(=O)N(CC=C)c3ccccc3)[C@@]3(C)CCC12O3. The molecule has 6 atom stereocenters. The molecule has 1 N–H and O–H groups in total. The van der Waals surface area contributed by atoms with E-state index in [-0.39, 0.29) is 36.8 Å². The van der Waals surface area contributed by atoms with Gasteiger partial charge in [0.05, 0.1) is 30.1 Å². The van der Waals surface area contributed by atoms with Crippen molar-refractivity contribution in [2.24, 2.45) is 17.8 Å². The molecule has 8 heteroatoms. The lowest BCUT2D eigenvalue weighted by Crippen LogP contribution is -2.59. The molecule has 1 spiro atoms. The summed E-state index contributed by atoms with van der Waals surface area (Å²) in [6, 6.07) is 7.91. The highest BCUT2D eigenvalue weighted by Crippen LogP contribution is 2.64. The number of anilines is 1. The number of ether oxygens (including phenoxy) is 1. The monoisotopic (exact) mass is 579 g/mol. The first-order valence-electron chi connectivity index (χ1n) is 15.6. The summed E-state index contributed by atoms with van der Waals surface area (Å²) in [6.07, 6.45) is 7.84. The largest absolute Gasteiger partial charge is 0.394 e. The number of rotatable bonds is 15. The van der Waals surface area contributed by atoms with Crippen molar-refractivity contribution < 1.29 is 24.2 Å². The van der Waals surface area contributed by atoms with Gasteiger partial charge in [-0.25, -0.2) is 0 Å². The molecule has 3 heterocycles. The van der Waals surface area contributed by atoms with Crippen LogP contribution in [-0.2, 0) is 19.1 Å². The molecule has 0 aliphatic carbocycles. The summed E-state index contributed by atoms with van der Waals surface area (Å²) in [7, 11) is 0. The Morgan fingerprint density at radius 3 is 2.40 bits per heavy atom. The van der Waals surface area contributed by atoms with Gasteiger partial charge < -0.3 is 24.5 Å². The summed E-state index contributed by atoms with van der Waals surface area (Å²) in [5, 5.41) is 10.6. The minimum absolute atomic E-state index is 0.186. The maximum atomic E-state index is 14.6. The highest BCUT2D eigenvalue weighted by atomic mass is 16.5. The summed E-state index contributed by atoms with van der Waals surface area (Å²) >= 11 is 0. The summed E-state index contributed by atoms with van der Waals surface area (Å²) in [5.41, 5.74) is -1.32. The highest BCUT2D eigenvalue weighted by Gasteiger charge is 2.78. The van der Waals surface area contributed by atoms with Gasteiger partial charge in [-0.3, -0.25) is 14.4 Å². The van der Waals surface area contributed by atoms with Crippen molar-refractivity contribution in [1.29, 1.82) is 0 Å². The Morgan fingerprint density at radius 2 is 1.81 bits per heavy atom. The normalized spacial score (nSPS) is 28.6. The molecule has 3 aliphatic rings. The number of amides is 3. The lowest BCUT2D eigenvalue weighted by molar-refractivity contribution is -0.155. The first-order chi connectivity index (χ1) is 20.1.